The molecule has 0 saturated heterocycles. The van der Waals surface area contributed by atoms with E-state index in [4.69, 9.17) is 4.42 Å². The van der Waals surface area contributed by atoms with Crippen LogP contribution in [0.5, 0.6) is 0 Å². The fourth-order valence-electron chi connectivity index (χ4n) is 12.7. The third kappa shape index (κ3) is 7.87. The van der Waals surface area contributed by atoms with Crippen LogP contribution < -0.4 is 25.6 Å². The second-order valence-corrected chi connectivity index (χ2v) is 24.6. The molecule has 4 heteroatoms. The molecular formula is C76H52N2OSi. The Labute approximate surface area is 466 Å². The van der Waals surface area contributed by atoms with E-state index in [1.54, 1.807) is 0 Å². The third-order valence-electron chi connectivity index (χ3n) is 16.4. The van der Waals surface area contributed by atoms with Gasteiger partial charge in [-0.1, -0.05) is 243 Å². The smallest absolute Gasteiger partial charge is 0.179 e. The Bertz CT molecular complexity index is 4620. The molecule has 2 aromatic heterocycles. The van der Waals surface area contributed by atoms with Crippen molar-refractivity contribution in [2.45, 2.75) is 0 Å². The molecule has 0 atom stereocenters. The van der Waals surface area contributed by atoms with E-state index < -0.39 is 8.07 Å². The van der Waals surface area contributed by atoms with Crippen LogP contribution in [-0.2, 0) is 0 Å². The van der Waals surface area contributed by atoms with Crippen LogP contribution in [0.1, 0.15) is 0 Å². The standard InChI is InChI=1S/C76H52N2OSi/c1-4-20-62(21-5-1)80(63-22-6-2-7-23-63,64-24-8-3-9-25-64)65-49-46-60(47-50-65)77(59-44-40-56(41-45-59)67-29-16-19-55-18-10-11-26-66(55)67)58-42-38-54(39-43-58)53-34-36-57(37-35-53)68-30-17-32-73-76(68)70-28-12-14-31-72(70)78(73)61-48-51-75-71(52-61)69-27-13-15-33-74(69)79-75/h1-52H. The molecular weight excluding hydrogens is 985 g/mol. The molecule has 0 unspecified atom stereocenters. The summed E-state index contributed by atoms with van der Waals surface area (Å²) in [6, 6.07) is 116. The van der Waals surface area contributed by atoms with E-state index in [-0.39, 0.29) is 0 Å². The van der Waals surface area contributed by atoms with E-state index in [0.29, 0.717) is 0 Å². The van der Waals surface area contributed by atoms with Gasteiger partial charge < -0.3 is 13.9 Å². The SMILES string of the molecule is c1ccc([Si](c2ccccc2)(c2ccccc2)c2ccc(N(c3ccc(-c4ccc(-c5cccc6c5c5ccccc5n6-c5ccc6oc7ccccc7c6c5)cc4)cc3)c3ccc(-c4cccc5ccccc45)cc3)cc2)cc1. The summed E-state index contributed by atoms with van der Waals surface area (Å²) in [4.78, 5) is 2.40. The second kappa shape index (κ2) is 19.6. The minimum absolute atomic E-state index is 0.895. The molecule has 15 rings (SSSR count). The van der Waals surface area contributed by atoms with Gasteiger partial charge in [-0.25, -0.2) is 0 Å². The van der Waals surface area contributed by atoms with Gasteiger partial charge in [0.25, 0.3) is 0 Å². The molecule has 0 aliphatic carbocycles. The molecule has 2 heterocycles. The summed E-state index contributed by atoms with van der Waals surface area (Å²) in [6.07, 6.45) is 0. The van der Waals surface area contributed by atoms with E-state index in [9.17, 15) is 0 Å². The lowest BCUT2D eigenvalue weighted by Crippen LogP contribution is -2.74. The fourth-order valence-corrected chi connectivity index (χ4v) is 17.4. The highest BCUT2D eigenvalue weighted by atomic mass is 28.3. The minimum Gasteiger partial charge on any atom is -0.456 e. The first-order chi connectivity index (χ1) is 39.7. The third-order valence-corrected chi connectivity index (χ3v) is 21.2. The Morgan fingerprint density at radius 1 is 0.287 bits per heavy atom. The maximum atomic E-state index is 6.24. The summed E-state index contributed by atoms with van der Waals surface area (Å²) in [6.45, 7) is 0. The second-order valence-electron chi connectivity index (χ2n) is 20.8. The van der Waals surface area contributed by atoms with Crippen LogP contribution in [0.4, 0.5) is 17.1 Å². The van der Waals surface area contributed by atoms with Gasteiger partial charge in [-0.3, -0.25) is 0 Å². The van der Waals surface area contributed by atoms with Crippen molar-refractivity contribution >= 4 is 100 Å². The van der Waals surface area contributed by atoms with Crippen LogP contribution in [0.2, 0.25) is 0 Å². The molecule has 0 fully saturated rings. The highest BCUT2D eigenvalue weighted by molar-refractivity contribution is 7.19. The number of benzene rings is 13. The van der Waals surface area contributed by atoms with Crippen LogP contribution >= 0.6 is 0 Å². The van der Waals surface area contributed by atoms with Crippen molar-refractivity contribution in [3.8, 4) is 39.1 Å². The lowest BCUT2D eigenvalue weighted by molar-refractivity contribution is 0.669. The molecule has 3 nitrogen and oxygen atoms in total. The van der Waals surface area contributed by atoms with Crippen LogP contribution in [0, 0.1) is 0 Å². The van der Waals surface area contributed by atoms with Gasteiger partial charge in [0, 0.05) is 44.3 Å². The van der Waals surface area contributed by atoms with Crippen LogP contribution in [-0.4, -0.2) is 12.6 Å². The molecule has 0 amide bonds. The molecule has 13 aromatic carbocycles. The lowest BCUT2D eigenvalue weighted by Gasteiger charge is -2.35. The molecule has 376 valence electrons. The zero-order chi connectivity index (χ0) is 53.0. The first-order valence-electron chi connectivity index (χ1n) is 27.5. The Balaban J connectivity index is 0.801. The van der Waals surface area contributed by atoms with E-state index >= 15 is 0 Å². The van der Waals surface area contributed by atoms with Crippen molar-refractivity contribution in [1.29, 1.82) is 0 Å². The predicted molar refractivity (Wildman–Crippen MR) is 340 cm³/mol. The summed E-state index contributed by atoms with van der Waals surface area (Å²) >= 11 is 0. The van der Waals surface area contributed by atoms with Gasteiger partial charge >= 0.3 is 0 Å². The fraction of sp³-hybridized carbons (Fsp3) is 0. The average Bonchev–Trinajstić information content (AvgIpc) is 4.09. The van der Waals surface area contributed by atoms with E-state index in [0.717, 1.165) is 55.8 Å². The van der Waals surface area contributed by atoms with Crippen molar-refractivity contribution in [2.75, 3.05) is 4.90 Å². The lowest BCUT2D eigenvalue weighted by atomic mass is 9.96. The highest BCUT2D eigenvalue weighted by Crippen LogP contribution is 2.42. The Hall–Kier alpha value is -10.3. The number of para-hydroxylation sites is 2. The molecule has 0 aliphatic heterocycles. The molecule has 15 aromatic rings. The maximum absolute atomic E-state index is 6.24. The topological polar surface area (TPSA) is 21.3 Å². The van der Waals surface area contributed by atoms with Crippen LogP contribution in [0.25, 0.3) is 93.6 Å². The number of aromatic nitrogens is 1. The molecule has 0 bridgehead atoms. The normalized spacial score (nSPS) is 11.8. The summed E-state index contributed by atoms with van der Waals surface area (Å²) in [7, 11) is -2.73. The van der Waals surface area contributed by atoms with Gasteiger partial charge in [0.2, 0.25) is 0 Å². The average molecular weight is 1040 g/mol. The molecule has 0 saturated carbocycles. The van der Waals surface area contributed by atoms with Gasteiger partial charge in [-0.15, -0.1) is 0 Å². The van der Waals surface area contributed by atoms with Gasteiger partial charge in [-0.05, 0) is 138 Å². The van der Waals surface area contributed by atoms with Crippen molar-refractivity contribution in [3.63, 3.8) is 0 Å². The Kier molecular flexibility index (Phi) is 11.5. The first-order valence-corrected chi connectivity index (χ1v) is 29.5. The van der Waals surface area contributed by atoms with Crippen molar-refractivity contribution < 1.29 is 4.42 Å². The highest BCUT2D eigenvalue weighted by Gasteiger charge is 2.41. The molecule has 0 radical (unpaired) electrons. The molecule has 80 heavy (non-hydrogen) atoms. The summed E-state index contributed by atoms with van der Waals surface area (Å²) < 4.78 is 8.64. The number of fused-ring (bicyclic) bond motifs is 7. The largest absolute Gasteiger partial charge is 0.456 e. The Morgan fingerprint density at radius 2 is 0.725 bits per heavy atom. The number of nitrogens with zero attached hydrogens (tertiary/aromatic N) is 2. The van der Waals surface area contributed by atoms with Crippen molar-refractivity contribution in [1.82, 2.24) is 4.57 Å². The van der Waals surface area contributed by atoms with Crippen LogP contribution in [0.3, 0.4) is 0 Å². The number of hydrogen-bond donors (Lipinski definition) is 0. The molecule has 0 aliphatic rings. The van der Waals surface area contributed by atoms with E-state index in [1.807, 2.05) is 12.1 Å². The van der Waals surface area contributed by atoms with Crippen molar-refractivity contribution in [3.05, 3.63) is 315 Å². The van der Waals surface area contributed by atoms with Gasteiger partial charge in [0.1, 0.15) is 11.2 Å². The zero-order valence-corrected chi connectivity index (χ0v) is 44.8. The van der Waals surface area contributed by atoms with Crippen LogP contribution in [0.15, 0.2) is 320 Å². The van der Waals surface area contributed by atoms with Gasteiger partial charge in [-0.2, -0.15) is 0 Å². The van der Waals surface area contributed by atoms with Gasteiger partial charge in [0.05, 0.1) is 11.0 Å². The quantitative estimate of drug-likeness (QED) is 0.0951. The van der Waals surface area contributed by atoms with E-state index in [2.05, 4.69) is 313 Å². The number of hydrogen-bond acceptors (Lipinski definition) is 2. The molecule has 0 spiro atoms. The summed E-state index contributed by atoms with van der Waals surface area (Å²) in [5, 5.41) is 12.6. The number of anilines is 3. The van der Waals surface area contributed by atoms with Crippen molar-refractivity contribution in [2.24, 2.45) is 0 Å². The number of rotatable bonds is 11. The number of furan rings is 1. The zero-order valence-electron chi connectivity index (χ0n) is 43.8. The summed E-state index contributed by atoms with van der Waals surface area (Å²) in [5.74, 6) is 0. The minimum atomic E-state index is -2.73. The monoisotopic (exact) mass is 1040 g/mol. The summed E-state index contributed by atoms with van der Waals surface area (Å²) in [5.41, 5.74) is 15.6. The van der Waals surface area contributed by atoms with Gasteiger partial charge in [0.15, 0.2) is 8.07 Å². The van der Waals surface area contributed by atoms with E-state index in [1.165, 1.54) is 75.6 Å². The molecule has 0 N–H and O–H groups in total. The maximum Gasteiger partial charge on any atom is 0.179 e. The Morgan fingerprint density at radius 3 is 1.38 bits per heavy atom. The predicted octanol–water partition coefficient (Wildman–Crippen LogP) is 17.7. The first kappa shape index (κ1) is 47.0.